The Balaban J connectivity index is 2.16. The van der Waals surface area contributed by atoms with Crippen LogP contribution in [0.4, 0.5) is 0 Å². The van der Waals surface area contributed by atoms with Crippen molar-refractivity contribution in [2.24, 2.45) is 0 Å². The van der Waals surface area contributed by atoms with Crippen LogP contribution in [-0.2, 0) is 6.54 Å². The number of carbonyl (C=O) groups is 1. The second-order valence-electron chi connectivity index (χ2n) is 4.99. The summed E-state index contributed by atoms with van der Waals surface area (Å²) < 4.78 is 7.03. The first-order chi connectivity index (χ1) is 9.26. The van der Waals surface area contributed by atoms with E-state index in [2.05, 4.69) is 18.1 Å². The van der Waals surface area contributed by atoms with Crippen LogP contribution in [0.2, 0.25) is 0 Å². The average Bonchev–Trinajstić information content (AvgIpc) is 2.83. The van der Waals surface area contributed by atoms with Crippen molar-refractivity contribution in [1.29, 1.82) is 0 Å². The largest absolute Gasteiger partial charge is 0.493 e. The fourth-order valence-corrected chi connectivity index (χ4v) is 2.54. The van der Waals surface area contributed by atoms with E-state index in [-0.39, 0.29) is 5.78 Å². The Labute approximate surface area is 114 Å². The first-order valence-electron chi connectivity index (χ1n) is 7.07. The van der Waals surface area contributed by atoms with Gasteiger partial charge in [-0.3, -0.25) is 9.48 Å². The van der Waals surface area contributed by atoms with Gasteiger partial charge < -0.3 is 4.74 Å². The molecule has 0 atom stereocenters. The second kappa shape index (κ2) is 6.55. The number of allylic oxidation sites excluding steroid dienone is 2. The van der Waals surface area contributed by atoms with Gasteiger partial charge in [-0.05, 0) is 32.1 Å². The molecule has 1 aromatic rings. The molecule has 0 N–H and O–H groups in total. The molecule has 0 fully saturated rings. The number of ketones is 1. The number of rotatable bonds is 6. The van der Waals surface area contributed by atoms with Crippen LogP contribution in [0.1, 0.15) is 55.9 Å². The number of nitrogens with zero attached hydrogens (tertiary/aromatic N) is 2. The molecule has 0 aliphatic heterocycles. The van der Waals surface area contributed by atoms with E-state index in [4.69, 9.17) is 4.74 Å². The van der Waals surface area contributed by atoms with Gasteiger partial charge in [0, 0.05) is 13.0 Å². The lowest BCUT2D eigenvalue weighted by Gasteiger charge is -2.13. The molecule has 4 nitrogen and oxygen atoms in total. The van der Waals surface area contributed by atoms with E-state index in [0.29, 0.717) is 17.9 Å². The van der Waals surface area contributed by atoms with Crippen LogP contribution in [0, 0.1) is 0 Å². The Morgan fingerprint density at radius 2 is 2.32 bits per heavy atom. The van der Waals surface area contributed by atoms with E-state index >= 15 is 0 Å². The molecule has 0 aromatic carbocycles. The third-order valence-corrected chi connectivity index (χ3v) is 3.50. The molecule has 2 rings (SSSR count). The van der Waals surface area contributed by atoms with Crippen molar-refractivity contribution in [3.8, 4) is 5.75 Å². The van der Waals surface area contributed by atoms with E-state index in [1.54, 1.807) is 18.0 Å². The van der Waals surface area contributed by atoms with E-state index in [1.807, 2.05) is 0 Å². The van der Waals surface area contributed by atoms with Crippen LogP contribution in [0.15, 0.2) is 17.8 Å². The fourth-order valence-electron chi connectivity index (χ4n) is 2.54. The standard InChI is InChI=1S/C15H22N2O2/c1-3-9-17-15(14(19-2)11-16-17)13(18)10-12-7-5-4-6-8-12/h7,11H,3-6,8-10H2,1-2H3. The van der Waals surface area contributed by atoms with Crippen LogP contribution in [-0.4, -0.2) is 22.7 Å². The first kappa shape index (κ1) is 13.8. The zero-order valence-electron chi connectivity index (χ0n) is 11.8. The summed E-state index contributed by atoms with van der Waals surface area (Å²) in [5.41, 5.74) is 1.89. The molecule has 0 spiro atoms. The number of hydrogen-bond acceptors (Lipinski definition) is 3. The Morgan fingerprint density at radius 1 is 1.47 bits per heavy atom. The minimum Gasteiger partial charge on any atom is -0.493 e. The third-order valence-electron chi connectivity index (χ3n) is 3.50. The highest BCUT2D eigenvalue weighted by Gasteiger charge is 2.20. The summed E-state index contributed by atoms with van der Waals surface area (Å²) in [5, 5.41) is 4.24. The number of ether oxygens (including phenoxy) is 1. The van der Waals surface area contributed by atoms with Crippen molar-refractivity contribution >= 4 is 5.78 Å². The number of aromatic nitrogens is 2. The lowest BCUT2D eigenvalue weighted by Crippen LogP contribution is -2.12. The highest BCUT2D eigenvalue weighted by Crippen LogP contribution is 2.25. The normalized spacial score (nSPS) is 15.2. The molecule has 4 heteroatoms. The SMILES string of the molecule is CCCn1ncc(OC)c1C(=O)CC1=CCCCC1. The van der Waals surface area contributed by atoms with Gasteiger partial charge in [-0.25, -0.2) is 0 Å². The number of aryl methyl sites for hydroxylation is 1. The summed E-state index contributed by atoms with van der Waals surface area (Å²) in [6.45, 7) is 2.83. The molecule has 104 valence electrons. The maximum Gasteiger partial charge on any atom is 0.188 e. The van der Waals surface area contributed by atoms with Crippen molar-refractivity contribution in [2.75, 3.05) is 7.11 Å². The lowest BCUT2D eigenvalue weighted by atomic mass is 9.95. The van der Waals surface area contributed by atoms with Gasteiger partial charge in [0.2, 0.25) is 0 Å². The Morgan fingerprint density at radius 3 is 2.95 bits per heavy atom. The van der Waals surface area contributed by atoms with Gasteiger partial charge in [0.05, 0.1) is 13.3 Å². The topological polar surface area (TPSA) is 44.1 Å². The van der Waals surface area contributed by atoms with E-state index < -0.39 is 0 Å². The molecule has 0 radical (unpaired) electrons. The predicted molar refractivity (Wildman–Crippen MR) is 74.6 cm³/mol. The highest BCUT2D eigenvalue weighted by atomic mass is 16.5. The minimum atomic E-state index is 0.121. The van der Waals surface area contributed by atoms with Crippen molar-refractivity contribution < 1.29 is 9.53 Å². The number of Topliss-reactive ketones (excluding diaryl/α,β-unsaturated/α-hetero) is 1. The van der Waals surface area contributed by atoms with Gasteiger partial charge in [0.15, 0.2) is 11.5 Å². The van der Waals surface area contributed by atoms with E-state index in [0.717, 1.165) is 25.8 Å². The summed E-state index contributed by atoms with van der Waals surface area (Å²) in [6, 6.07) is 0. The highest BCUT2D eigenvalue weighted by molar-refractivity contribution is 5.98. The van der Waals surface area contributed by atoms with Crippen LogP contribution in [0.25, 0.3) is 0 Å². The fraction of sp³-hybridized carbons (Fsp3) is 0.600. The molecule has 1 aliphatic carbocycles. The quantitative estimate of drug-likeness (QED) is 0.583. The van der Waals surface area contributed by atoms with Gasteiger partial charge >= 0.3 is 0 Å². The second-order valence-corrected chi connectivity index (χ2v) is 4.99. The zero-order valence-corrected chi connectivity index (χ0v) is 11.8. The van der Waals surface area contributed by atoms with Crippen LogP contribution in [0.5, 0.6) is 5.75 Å². The maximum atomic E-state index is 12.5. The van der Waals surface area contributed by atoms with E-state index in [9.17, 15) is 4.79 Å². The van der Waals surface area contributed by atoms with Crippen LogP contribution >= 0.6 is 0 Å². The van der Waals surface area contributed by atoms with Crippen molar-refractivity contribution in [3.63, 3.8) is 0 Å². The molecule has 0 unspecified atom stereocenters. The van der Waals surface area contributed by atoms with Gasteiger partial charge in [0.1, 0.15) is 5.69 Å². The van der Waals surface area contributed by atoms with Gasteiger partial charge in [0.25, 0.3) is 0 Å². The summed E-state index contributed by atoms with van der Waals surface area (Å²) in [7, 11) is 1.59. The number of carbonyl (C=O) groups excluding carboxylic acids is 1. The van der Waals surface area contributed by atoms with Gasteiger partial charge in [-0.1, -0.05) is 18.6 Å². The average molecular weight is 262 g/mol. The van der Waals surface area contributed by atoms with Gasteiger partial charge in [-0.2, -0.15) is 5.10 Å². The van der Waals surface area contributed by atoms with Crippen molar-refractivity contribution in [3.05, 3.63) is 23.5 Å². The molecule has 1 aliphatic rings. The molecule has 0 amide bonds. The molecular weight excluding hydrogens is 240 g/mol. The Bertz CT molecular complexity index is 474. The zero-order chi connectivity index (χ0) is 13.7. The van der Waals surface area contributed by atoms with E-state index in [1.165, 1.54) is 18.4 Å². The predicted octanol–water partition coefficient (Wildman–Crippen LogP) is 3.37. The summed E-state index contributed by atoms with van der Waals surface area (Å²) >= 11 is 0. The summed E-state index contributed by atoms with van der Waals surface area (Å²) in [6.07, 6.45) is 9.91. The maximum absolute atomic E-state index is 12.5. The molecule has 0 saturated heterocycles. The molecule has 0 saturated carbocycles. The van der Waals surface area contributed by atoms with Crippen LogP contribution < -0.4 is 4.74 Å². The summed E-state index contributed by atoms with van der Waals surface area (Å²) in [5.74, 6) is 0.714. The Kier molecular flexibility index (Phi) is 4.77. The van der Waals surface area contributed by atoms with Crippen molar-refractivity contribution in [2.45, 2.75) is 52.0 Å². The molecule has 0 bridgehead atoms. The molecule has 19 heavy (non-hydrogen) atoms. The smallest absolute Gasteiger partial charge is 0.188 e. The first-order valence-corrected chi connectivity index (χ1v) is 7.07. The molecule has 1 aromatic heterocycles. The van der Waals surface area contributed by atoms with Gasteiger partial charge in [-0.15, -0.1) is 0 Å². The lowest BCUT2D eigenvalue weighted by molar-refractivity contribution is 0.0978. The minimum absolute atomic E-state index is 0.121. The number of hydrogen-bond donors (Lipinski definition) is 0. The Hall–Kier alpha value is -1.58. The number of methoxy groups -OCH3 is 1. The third kappa shape index (κ3) is 3.25. The van der Waals surface area contributed by atoms with Crippen molar-refractivity contribution in [1.82, 2.24) is 9.78 Å². The van der Waals surface area contributed by atoms with Crippen LogP contribution in [0.3, 0.4) is 0 Å². The monoisotopic (exact) mass is 262 g/mol. The molecular formula is C15H22N2O2. The summed E-state index contributed by atoms with van der Waals surface area (Å²) in [4.78, 5) is 12.5. The molecule has 1 heterocycles.